The molecule has 0 heterocycles. The summed E-state index contributed by atoms with van der Waals surface area (Å²) in [5.41, 5.74) is 9.50. The van der Waals surface area contributed by atoms with Crippen LogP contribution in [0.4, 0.5) is 0 Å². The van der Waals surface area contributed by atoms with E-state index in [-0.39, 0.29) is 5.97 Å². The number of ether oxygens (including phenoxy) is 1. The van der Waals surface area contributed by atoms with Gasteiger partial charge in [0.1, 0.15) is 0 Å². The molecule has 0 amide bonds. The molecule has 0 aromatic carbocycles. The summed E-state index contributed by atoms with van der Waals surface area (Å²) in [4.78, 5) is 12.0. The van der Waals surface area contributed by atoms with Crippen molar-refractivity contribution >= 4 is 21.9 Å². The Labute approximate surface area is 162 Å². The highest BCUT2D eigenvalue weighted by atomic mass is 79.9. The molecule has 2 N–H and O–H groups in total. The topological polar surface area (TPSA) is 50.4 Å². The molecule has 4 nitrogen and oxygen atoms in total. The smallest absolute Gasteiger partial charge is 0.335 e. The lowest BCUT2D eigenvalue weighted by Crippen LogP contribution is -2.30. The van der Waals surface area contributed by atoms with Gasteiger partial charge in [-0.15, -0.1) is 0 Å². The number of halogens is 1. The highest BCUT2D eigenvalue weighted by Gasteiger charge is 2.16. The first-order valence-electron chi connectivity index (χ1n) is 8.88. The molecular formula is C20H35BrN2O2. The average Bonchev–Trinajstić information content (AvgIpc) is 2.63. The third kappa shape index (κ3) is 10.3. The Hall–Kier alpha value is -1.33. The predicted molar refractivity (Wildman–Crippen MR) is 112 cm³/mol. The van der Waals surface area contributed by atoms with Crippen LogP contribution in [0, 0.1) is 0 Å². The number of hydrogen-bond donors (Lipinski definition) is 2. The Balaban J connectivity index is 0. The van der Waals surface area contributed by atoms with Crippen LogP contribution in [0.1, 0.15) is 60.8 Å². The highest BCUT2D eigenvalue weighted by molar-refractivity contribution is 9.12. The lowest BCUT2D eigenvalue weighted by atomic mass is 10.0. The molecule has 0 saturated carbocycles. The van der Waals surface area contributed by atoms with Crippen molar-refractivity contribution in [2.45, 2.75) is 60.8 Å². The van der Waals surface area contributed by atoms with E-state index in [0.717, 1.165) is 28.6 Å². The average molecular weight is 415 g/mol. The molecule has 0 aliphatic carbocycles. The Bertz CT molecular complexity index is 518. The maximum atomic E-state index is 12.0. The number of nitrogens with one attached hydrogen (secondary N) is 2. The van der Waals surface area contributed by atoms with Gasteiger partial charge in [-0.3, -0.25) is 0 Å². The molecule has 25 heavy (non-hydrogen) atoms. The van der Waals surface area contributed by atoms with Crippen LogP contribution in [0.5, 0.6) is 0 Å². The quantitative estimate of drug-likeness (QED) is 0.225. The molecule has 144 valence electrons. The molecule has 0 fully saturated rings. The Kier molecular flexibility index (Phi) is 16.7. The largest absolute Gasteiger partial charge is 0.466 e. The van der Waals surface area contributed by atoms with E-state index in [1.165, 1.54) is 12.7 Å². The predicted octanol–water partition coefficient (Wildman–Crippen LogP) is 5.55. The lowest BCUT2D eigenvalue weighted by Gasteiger charge is -2.15. The Morgan fingerprint density at radius 2 is 1.72 bits per heavy atom. The van der Waals surface area contributed by atoms with E-state index in [1.807, 2.05) is 39.8 Å². The molecule has 0 radical (unpaired) electrons. The molecule has 0 aromatic heterocycles. The molecular weight excluding hydrogens is 380 g/mol. The third-order valence-corrected chi connectivity index (χ3v) is 4.13. The number of hydrazine groups is 1. The monoisotopic (exact) mass is 414 g/mol. The molecule has 0 unspecified atom stereocenters. The van der Waals surface area contributed by atoms with Gasteiger partial charge < -0.3 is 10.2 Å². The summed E-state index contributed by atoms with van der Waals surface area (Å²) in [7, 11) is 3.18. The van der Waals surface area contributed by atoms with Gasteiger partial charge in [-0.25, -0.2) is 10.2 Å². The molecule has 5 heteroatoms. The van der Waals surface area contributed by atoms with Crippen LogP contribution in [0.15, 0.2) is 45.1 Å². The molecule has 0 aromatic rings. The molecule has 0 atom stereocenters. The number of allylic oxidation sites excluding steroid dienone is 6. The van der Waals surface area contributed by atoms with Crippen LogP contribution < -0.4 is 10.9 Å². The van der Waals surface area contributed by atoms with Gasteiger partial charge in [0, 0.05) is 11.5 Å². The zero-order valence-corrected chi connectivity index (χ0v) is 18.6. The van der Waals surface area contributed by atoms with Crippen LogP contribution in [0.25, 0.3) is 0 Å². The summed E-state index contributed by atoms with van der Waals surface area (Å²) in [5.74, 6) is -0.303. The SMILES string of the molecule is CC.CC/C=C(C)/C(Br)=C\C=C(C)\C(NNC)=C(\CCC)C(=O)OC. The summed E-state index contributed by atoms with van der Waals surface area (Å²) >= 11 is 3.58. The molecule has 0 aliphatic heterocycles. The van der Waals surface area contributed by atoms with Crippen molar-refractivity contribution in [1.29, 1.82) is 0 Å². The van der Waals surface area contributed by atoms with Gasteiger partial charge >= 0.3 is 5.97 Å². The van der Waals surface area contributed by atoms with Crippen LogP contribution in [0.2, 0.25) is 0 Å². The Morgan fingerprint density at radius 3 is 2.16 bits per heavy atom. The number of rotatable bonds is 9. The fraction of sp³-hybridized carbons (Fsp3) is 0.550. The third-order valence-electron chi connectivity index (χ3n) is 3.24. The minimum absolute atomic E-state index is 0.303. The van der Waals surface area contributed by atoms with Gasteiger partial charge in [0.05, 0.1) is 18.4 Å². The first kappa shape index (κ1) is 25.9. The van der Waals surface area contributed by atoms with E-state index in [0.29, 0.717) is 12.0 Å². The van der Waals surface area contributed by atoms with E-state index in [4.69, 9.17) is 4.74 Å². The molecule has 0 bridgehead atoms. The standard InChI is InChI=1S/C18H29BrN2O2.C2H6/c1-7-9-13(3)16(19)12-11-14(4)17(21-20-5)15(10-8-2)18(22)23-6;1-2/h9,11-12,20-21H,7-8,10H2,1-6H3;1-2H3/b13-9+,14-11+,16-12+,17-15+;. The minimum Gasteiger partial charge on any atom is -0.466 e. The van der Waals surface area contributed by atoms with Crippen LogP contribution >= 0.6 is 15.9 Å². The number of methoxy groups -OCH3 is 1. The van der Waals surface area contributed by atoms with Gasteiger partial charge in [0.25, 0.3) is 0 Å². The molecule has 0 spiro atoms. The summed E-state index contributed by atoms with van der Waals surface area (Å²) < 4.78 is 5.94. The zero-order valence-electron chi connectivity index (χ0n) is 17.0. The highest BCUT2D eigenvalue weighted by Crippen LogP contribution is 2.21. The van der Waals surface area contributed by atoms with Crippen molar-refractivity contribution in [2.24, 2.45) is 0 Å². The van der Waals surface area contributed by atoms with E-state index in [1.54, 1.807) is 7.05 Å². The summed E-state index contributed by atoms with van der Waals surface area (Å²) in [5, 5.41) is 0. The van der Waals surface area contributed by atoms with Crippen molar-refractivity contribution in [2.75, 3.05) is 14.2 Å². The maximum Gasteiger partial charge on any atom is 0.335 e. The first-order chi connectivity index (χ1) is 11.9. The van der Waals surface area contributed by atoms with Gasteiger partial charge in [-0.2, -0.15) is 0 Å². The summed E-state index contributed by atoms with van der Waals surface area (Å²) in [6.45, 7) is 12.2. The fourth-order valence-corrected chi connectivity index (χ4v) is 2.35. The van der Waals surface area contributed by atoms with E-state index in [2.05, 4.69) is 46.7 Å². The lowest BCUT2D eigenvalue weighted by molar-refractivity contribution is -0.136. The second kappa shape index (κ2) is 16.2. The maximum absolute atomic E-state index is 12.0. The van der Waals surface area contributed by atoms with Crippen LogP contribution in [-0.4, -0.2) is 20.1 Å². The van der Waals surface area contributed by atoms with Gasteiger partial charge in [-0.05, 0) is 43.9 Å². The second-order valence-corrected chi connectivity index (χ2v) is 5.98. The van der Waals surface area contributed by atoms with Crippen molar-refractivity contribution in [3.05, 3.63) is 45.1 Å². The molecule has 0 rings (SSSR count). The number of carbonyl (C=O) groups is 1. The van der Waals surface area contributed by atoms with Crippen molar-refractivity contribution in [3.63, 3.8) is 0 Å². The summed E-state index contributed by atoms with van der Waals surface area (Å²) in [6, 6.07) is 0. The zero-order chi connectivity index (χ0) is 19.8. The van der Waals surface area contributed by atoms with Crippen molar-refractivity contribution in [1.82, 2.24) is 10.9 Å². The van der Waals surface area contributed by atoms with E-state index >= 15 is 0 Å². The van der Waals surface area contributed by atoms with Gasteiger partial charge in [-0.1, -0.05) is 62.2 Å². The second-order valence-electron chi connectivity index (χ2n) is 5.13. The van der Waals surface area contributed by atoms with Crippen molar-refractivity contribution in [3.8, 4) is 0 Å². The normalized spacial score (nSPS) is 13.6. The first-order valence-corrected chi connectivity index (χ1v) is 9.67. The Morgan fingerprint density at radius 1 is 1.12 bits per heavy atom. The molecule has 0 saturated heterocycles. The number of hydrogen-bond acceptors (Lipinski definition) is 4. The van der Waals surface area contributed by atoms with Crippen LogP contribution in [0.3, 0.4) is 0 Å². The minimum atomic E-state index is -0.303. The number of carbonyl (C=O) groups excluding carboxylic acids is 1. The summed E-state index contributed by atoms with van der Waals surface area (Å²) in [6.07, 6.45) is 8.65. The molecule has 0 aliphatic rings. The number of esters is 1. The van der Waals surface area contributed by atoms with Gasteiger partial charge in [0.2, 0.25) is 0 Å². The van der Waals surface area contributed by atoms with E-state index < -0.39 is 0 Å². The fourth-order valence-electron chi connectivity index (χ4n) is 2.06. The van der Waals surface area contributed by atoms with E-state index in [9.17, 15) is 4.79 Å². The van der Waals surface area contributed by atoms with Gasteiger partial charge in [0.15, 0.2) is 0 Å². The van der Waals surface area contributed by atoms with Crippen molar-refractivity contribution < 1.29 is 9.53 Å². The van der Waals surface area contributed by atoms with Crippen LogP contribution in [-0.2, 0) is 9.53 Å².